The monoisotopic (exact) mass is 256 g/mol. The molecule has 17 heavy (non-hydrogen) atoms. The van der Waals surface area contributed by atoms with E-state index in [0.29, 0.717) is 0 Å². The van der Waals surface area contributed by atoms with Gasteiger partial charge in [-0.1, -0.05) is 11.6 Å². The molecule has 0 aromatic carbocycles. The van der Waals surface area contributed by atoms with Crippen molar-refractivity contribution in [2.75, 3.05) is 27.2 Å². The first kappa shape index (κ1) is 12.9. The average molecular weight is 257 g/mol. The van der Waals surface area contributed by atoms with E-state index in [1.807, 2.05) is 4.68 Å². The first-order valence-corrected chi connectivity index (χ1v) is 6.52. The molecule has 96 valence electrons. The molecule has 1 aliphatic rings. The van der Waals surface area contributed by atoms with Gasteiger partial charge < -0.3 is 10.2 Å². The third kappa shape index (κ3) is 2.64. The lowest BCUT2D eigenvalue weighted by molar-refractivity contribution is 0.341. The first-order chi connectivity index (χ1) is 8.03. The van der Waals surface area contributed by atoms with Gasteiger partial charge in [0.05, 0.1) is 29.0 Å². The fraction of sp³-hybridized carbons (Fsp3) is 0.750. The van der Waals surface area contributed by atoms with Crippen LogP contribution in [0.1, 0.15) is 25.5 Å². The Kier molecular flexibility index (Phi) is 3.76. The van der Waals surface area contributed by atoms with E-state index in [9.17, 15) is 0 Å². The van der Waals surface area contributed by atoms with Gasteiger partial charge in [0.15, 0.2) is 0 Å². The molecule has 1 aliphatic heterocycles. The molecule has 1 atom stereocenters. The van der Waals surface area contributed by atoms with Gasteiger partial charge in [0.2, 0.25) is 0 Å². The van der Waals surface area contributed by atoms with Gasteiger partial charge in [0.25, 0.3) is 0 Å². The molecule has 1 fully saturated rings. The Morgan fingerprint density at radius 3 is 2.94 bits per heavy atom. The average Bonchev–Trinajstić information content (AvgIpc) is 2.83. The summed E-state index contributed by atoms with van der Waals surface area (Å²) in [7, 11) is 4.14. The topological polar surface area (TPSA) is 33.1 Å². The highest BCUT2D eigenvalue weighted by Crippen LogP contribution is 2.34. The number of likely N-dealkylation sites (N-methyl/N-ethyl adjacent to an activating group) is 1. The van der Waals surface area contributed by atoms with Crippen molar-refractivity contribution in [1.82, 2.24) is 20.0 Å². The number of nitrogens with one attached hydrogen (secondary N) is 1. The van der Waals surface area contributed by atoms with E-state index in [2.05, 4.69) is 36.3 Å². The van der Waals surface area contributed by atoms with Crippen LogP contribution in [0.15, 0.2) is 6.20 Å². The Labute approximate surface area is 108 Å². The van der Waals surface area contributed by atoms with Gasteiger partial charge in [0.1, 0.15) is 0 Å². The van der Waals surface area contributed by atoms with Gasteiger partial charge in [0, 0.05) is 6.54 Å². The fourth-order valence-corrected chi connectivity index (χ4v) is 2.82. The minimum atomic E-state index is -0.0140. The fourth-order valence-electron chi connectivity index (χ4n) is 2.47. The summed E-state index contributed by atoms with van der Waals surface area (Å²) in [5, 5.41) is 8.72. The molecule has 0 radical (unpaired) electrons. The highest BCUT2D eigenvalue weighted by Gasteiger charge is 2.35. The van der Waals surface area contributed by atoms with Crippen LogP contribution < -0.4 is 5.32 Å². The van der Waals surface area contributed by atoms with Crippen LogP contribution in [0.3, 0.4) is 0 Å². The van der Waals surface area contributed by atoms with E-state index in [0.717, 1.165) is 36.8 Å². The summed E-state index contributed by atoms with van der Waals surface area (Å²) < 4.78 is 2.04. The van der Waals surface area contributed by atoms with E-state index in [4.69, 9.17) is 11.6 Å². The zero-order chi connectivity index (χ0) is 12.5. The second kappa shape index (κ2) is 4.96. The van der Waals surface area contributed by atoms with Crippen LogP contribution in [0, 0.1) is 0 Å². The number of nitrogens with zero attached hydrogens (tertiary/aromatic N) is 3. The largest absolute Gasteiger partial charge is 0.308 e. The number of halogens is 1. The van der Waals surface area contributed by atoms with Gasteiger partial charge in [-0.05, 0) is 40.4 Å². The van der Waals surface area contributed by atoms with E-state index < -0.39 is 0 Å². The van der Waals surface area contributed by atoms with Crippen molar-refractivity contribution in [3.05, 3.63) is 16.9 Å². The third-order valence-electron chi connectivity index (χ3n) is 3.45. The highest BCUT2D eigenvalue weighted by atomic mass is 35.5. The minimum absolute atomic E-state index is 0.0140. The van der Waals surface area contributed by atoms with Gasteiger partial charge in [-0.15, -0.1) is 0 Å². The molecule has 2 rings (SSSR count). The van der Waals surface area contributed by atoms with Gasteiger partial charge in [-0.25, -0.2) is 0 Å². The molecule has 1 saturated heterocycles. The number of aromatic nitrogens is 2. The first-order valence-electron chi connectivity index (χ1n) is 6.14. The Bertz CT molecular complexity index is 380. The quantitative estimate of drug-likeness (QED) is 0.890. The van der Waals surface area contributed by atoms with Crippen LogP contribution in [0.2, 0.25) is 5.02 Å². The van der Waals surface area contributed by atoms with Gasteiger partial charge >= 0.3 is 0 Å². The summed E-state index contributed by atoms with van der Waals surface area (Å²) in [4.78, 5) is 2.16. The molecule has 2 heterocycles. The Morgan fingerprint density at radius 1 is 1.59 bits per heavy atom. The van der Waals surface area contributed by atoms with Crippen molar-refractivity contribution in [2.45, 2.75) is 31.8 Å². The minimum Gasteiger partial charge on any atom is -0.308 e. The molecule has 1 unspecified atom stereocenters. The molecule has 0 amide bonds. The van der Waals surface area contributed by atoms with Crippen LogP contribution in [-0.4, -0.2) is 41.9 Å². The molecule has 1 aromatic rings. The third-order valence-corrected chi connectivity index (χ3v) is 3.72. The summed E-state index contributed by atoms with van der Waals surface area (Å²) >= 11 is 6.29. The maximum Gasteiger partial charge on any atom is 0.0837 e. The predicted molar refractivity (Wildman–Crippen MR) is 70.4 cm³/mol. The molecule has 0 aliphatic carbocycles. The molecule has 5 heteroatoms. The molecule has 0 bridgehead atoms. The van der Waals surface area contributed by atoms with Crippen molar-refractivity contribution < 1.29 is 0 Å². The van der Waals surface area contributed by atoms with Crippen molar-refractivity contribution in [3.8, 4) is 0 Å². The standard InChI is InChI=1S/C12H21ClN4/c1-12(5-4-6-14-12)11-10(13)9-15-17(11)8-7-16(2)3/h9,14H,4-8H2,1-3H3. The summed E-state index contributed by atoms with van der Waals surface area (Å²) in [5.74, 6) is 0. The van der Waals surface area contributed by atoms with Crippen molar-refractivity contribution in [2.24, 2.45) is 0 Å². The summed E-state index contributed by atoms with van der Waals surface area (Å²) in [5.41, 5.74) is 1.12. The van der Waals surface area contributed by atoms with Crippen LogP contribution in [-0.2, 0) is 12.1 Å². The second-order valence-corrected chi connectivity index (χ2v) is 5.64. The molecule has 4 nitrogen and oxygen atoms in total. The smallest absolute Gasteiger partial charge is 0.0837 e. The predicted octanol–water partition coefficient (Wildman–Crippen LogP) is 1.70. The Hall–Kier alpha value is -0.580. The van der Waals surface area contributed by atoms with E-state index in [1.165, 1.54) is 6.42 Å². The lowest BCUT2D eigenvalue weighted by atomic mass is 9.96. The summed E-state index contributed by atoms with van der Waals surface area (Å²) in [6, 6.07) is 0. The second-order valence-electron chi connectivity index (χ2n) is 5.23. The van der Waals surface area contributed by atoms with Crippen molar-refractivity contribution >= 4 is 11.6 Å². The maximum atomic E-state index is 6.29. The number of hydrogen-bond donors (Lipinski definition) is 1. The van der Waals surface area contributed by atoms with E-state index in [-0.39, 0.29) is 5.54 Å². The lowest BCUT2D eigenvalue weighted by Gasteiger charge is -2.26. The van der Waals surface area contributed by atoms with Crippen LogP contribution >= 0.6 is 11.6 Å². The molecule has 1 aromatic heterocycles. The van der Waals surface area contributed by atoms with E-state index >= 15 is 0 Å². The Balaban J connectivity index is 2.23. The molecular formula is C12H21ClN4. The summed E-state index contributed by atoms with van der Waals surface area (Å²) in [6.07, 6.45) is 4.09. The zero-order valence-electron chi connectivity index (χ0n) is 10.8. The lowest BCUT2D eigenvalue weighted by Crippen LogP contribution is -2.36. The van der Waals surface area contributed by atoms with Crippen molar-refractivity contribution in [3.63, 3.8) is 0 Å². The zero-order valence-corrected chi connectivity index (χ0v) is 11.6. The summed E-state index contributed by atoms with van der Waals surface area (Å²) in [6.45, 7) is 5.13. The van der Waals surface area contributed by atoms with Gasteiger partial charge in [-0.2, -0.15) is 5.10 Å². The SMILES string of the molecule is CN(C)CCn1ncc(Cl)c1C1(C)CCCN1. The number of rotatable bonds is 4. The van der Waals surface area contributed by atoms with Crippen LogP contribution in [0.5, 0.6) is 0 Å². The van der Waals surface area contributed by atoms with Crippen LogP contribution in [0.25, 0.3) is 0 Å². The molecule has 0 spiro atoms. The van der Waals surface area contributed by atoms with Crippen molar-refractivity contribution in [1.29, 1.82) is 0 Å². The molecular weight excluding hydrogens is 236 g/mol. The van der Waals surface area contributed by atoms with Crippen LogP contribution in [0.4, 0.5) is 0 Å². The highest BCUT2D eigenvalue weighted by molar-refractivity contribution is 6.31. The Morgan fingerprint density at radius 2 is 2.35 bits per heavy atom. The maximum absolute atomic E-state index is 6.29. The van der Waals surface area contributed by atoms with Gasteiger partial charge in [-0.3, -0.25) is 4.68 Å². The number of hydrogen-bond acceptors (Lipinski definition) is 3. The van der Waals surface area contributed by atoms with E-state index in [1.54, 1.807) is 6.20 Å². The normalized spacial score (nSPS) is 24.8. The molecule has 1 N–H and O–H groups in total. The molecule has 0 saturated carbocycles.